The van der Waals surface area contributed by atoms with Crippen LogP contribution in [-0.4, -0.2) is 70.5 Å². The van der Waals surface area contributed by atoms with Crippen molar-refractivity contribution >= 4 is 15.9 Å². The van der Waals surface area contributed by atoms with E-state index in [1.54, 1.807) is 0 Å². The van der Waals surface area contributed by atoms with Crippen LogP contribution in [0.5, 0.6) is 0 Å². The smallest absolute Gasteiger partial charge is 0.407 e. The number of hydrogen-bond donors (Lipinski definition) is 3. The van der Waals surface area contributed by atoms with Crippen molar-refractivity contribution in [3.63, 3.8) is 0 Å². The number of halogens is 3. The van der Waals surface area contributed by atoms with Gasteiger partial charge in [0, 0.05) is 37.8 Å². The van der Waals surface area contributed by atoms with Gasteiger partial charge in [0.25, 0.3) is 0 Å². The maximum atomic E-state index is 14.2. The maximum Gasteiger partial charge on any atom is 0.407 e. The summed E-state index contributed by atoms with van der Waals surface area (Å²) in [7, 11) is -2.26. The number of ether oxygens (including phenoxy) is 2. The van der Waals surface area contributed by atoms with E-state index in [9.17, 15) is 26.4 Å². The van der Waals surface area contributed by atoms with Gasteiger partial charge in [0.1, 0.15) is 12.4 Å². The molecule has 0 radical (unpaired) electrons. The second kappa shape index (κ2) is 11.0. The minimum Gasteiger partial charge on any atom is -0.447 e. The van der Waals surface area contributed by atoms with Crippen LogP contribution in [0.15, 0.2) is 12.1 Å². The van der Waals surface area contributed by atoms with E-state index >= 15 is 0 Å². The highest BCUT2D eigenvalue weighted by molar-refractivity contribution is 7.92. The van der Waals surface area contributed by atoms with Crippen molar-refractivity contribution in [1.82, 2.24) is 10.6 Å². The van der Waals surface area contributed by atoms with Crippen LogP contribution in [0.3, 0.4) is 0 Å². The number of sulfone groups is 1. The Morgan fingerprint density at radius 2 is 1.94 bits per heavy atom. The number of carbonyl (C=O) groups is 1. The van der Waals surface area contributed by atoms with Gasteiger partial charge in [0.15, 0.2) is 21.5 Å². The summed E-state index contributed by atoms with van der Waals surface area (Å²) >= 11 is 0. The van der Waals surface area contributed by atoms with E-state index in [1.807, 2.05) is 0 Å². The molecular formula is C21H30F3N3O5S. The fraction of sp³-hybridized carbons (Fsp3) is 0.667. The Morgan fingerprint density at radius 3 is 2.67 bits per heavy atom. The molecule has 2 heterocycles. The molecule has 2 aliphatic heterocycles. The van der Waals surface area contributed by atoms with E-state index in [0.29, 0.717) is 18.9 Å². The first-order chi connectivity index (χ1) is 15.6. The molecule has 0 aliphatic carbocycles. The SMILES string of the molecule is COCCOC(=O)NCCS(=O)(=O)C1C2CCC(CC1[C@H](N)Cc1cc(F)c(F)cc1F)N2. The molecule has 8 nitrogen and oxygen atoms in total. The normalized spacial score (nSPS) is 25.6. The number of fused-ring (bicyclic) bond motifs is 2. The van der Waals surface area contributed by atoms with Crippen LogP contribution in [0, 0.1) is 23.4 Å². The van der Waals surface area contributed by atoms with Crippen molar-refractivity contribution in [1.29, 1.82) is 0 Å². The summed E-state index contributed by atoms with van der Waals surface area (Å²) in [6.07, 6.45) is 1.06. The molecule has 2 aliphatic rings. The highest BCUT2D eigenvalue weighted by atomic mass is 32.2. The molecule has 2 fully saturated rings. The summed E-state index contributed by atoms with van der Waals surface area (Å²) in [4.78, 5) is 11.7. The second-order valence-electron chi connectivity index (χ2n) is 8.56. The zero-order valence-electron chi connectivity index (χ0n) is 18.4. The molecule has 2 saturated heterocycles. The van der Waals surface area contributed by atoms with E-state index in [4.69, 9.17) is 15.2 Å². The molecule has 33 heavy (non-hydrogen) atoms. The van der Waals surface area contributed by atoms with Crippen molar-refractivity contribution < 1.29 is 35.9 Å². The van der Waals surface area contributed by atoms with Gasteiger partial charge in [-0.1, -0.05) is 0 Å². The van der Waals surface area contributed by atoms with Gasteiger partial charge in [-0.2, -0.15) is 0 Å². The average Bonchev–Trinajstić information content (AvgIpc) is 3.11. The molecule has 0 saturated carbocycles. The Bertz CT molecular complexity index is 949. The van der Waals surface area contributed by atoms with Crippen LogP contribution < -0.4 is 16.4 Å². The molecule has 186 valence electrons. The van der Waals surface area contributed by atoms with Crippen molar-refractivity contribution in [2.45, 2.75) is 49.1 Å². The lowest BCUT2D eigenvalue weighted by Crippen LogP contribution is -2.58. The number of hydrogen-bond acceptors (Lipinski definition) is 7. The zero-order chi connectivity index (χ0) is 24.2. The number of nitrogens with one attached hydrogen (secondary N) is 2. The number of methoxy groups -OCH3 is 1. The lowest BCUT2D eigenvalue weighted by atomic mass is 9.83. The third kappa shape index (κ3) is 6.37. The largest absolute Gasteiger partial charge is 0.447 e. The third-order valence-corrected chi connectivity index (χ3v) is 8.62. The molecule has 1 aromatic carbocycles. The highest BCUT2D eigenvalue weighted by Gasteiger charge is 2.49. The molecule has 3 rings (SSSR count). The monoisotopic (exact) mass is 493 g/mol. The summed E-state index contributed by atoms with van der Waals surface area (Å²) in [5, 5.41) is 4.88. The van der Waals surface area contributed by atoms with E-state index in [2.05, 4.69) is 10.6 Å². The number of nitrogens with two attached hydrogens (primary N) is 1. The van der Waals surface area contributed by atoms with Crippen molar-refractivity contribution in [2.24, 2.45) is 11.7 Å². The molecule has 0 spiro atoms. The van der Waals surface area contributed by atoms with E-state index < -0.39 is 50.6 Å². The molecule has 0 aromatic heterocycles. The van der Waals surface area contributed by atoms with E-state index in [1.165, 1.54) is 7.11 Å². The van der Waals surface area contributed by atoms with Crippen LogP contribution >= 0.6 is 0 Å². The van der Waals surface area contributed by atoms with Gasteiger partial charge >= 0.3 is 6.09 Å². The van der Waals surface area contributed by atoms with E-state index in [0.717, 1.165) is 12.5 Å². The Labute approximate surface area is 191 Å². The van der Waals surface area contributed by atoms with Crippen LogP contribution in [0.4, 0.5) is 18.0 Å². The second-order valence-corrected chi connectivity index (χ2v) is 10.8. The fourth-order valence-corrected chi connectivity index (χ4v) is 7.04. The van der Waals surface area contributed by atoms with Gasteiger partial charge in [-0.05, 0) is 43.2 Å². The van der Waals surface area contributed by atoms with Gasteiger partial charge < -0.3 is 25.8 Å². The minimum atomic E-state index is -3.72. The van der Waals surface area contributed by atoms with Crippen molar-refractivity contribution in [2.75, 3.05) is 32.6 Å². The average molecular weight is 494 g/mol. The molecule has 4 N–H and O–H groups in total. The first-order valence-corrected chi connectivity index (χ1v) is 12.6. The van der Waals surface area contributed by atoms with Crippen LogP contribution in [0.25, 0.3) is 0 Å². The quantitative estimate of drug-likeness (QED) is 0.332. The topological polar surface area (TPSA) is 120 Å². The number of rotatable bonds is 10. The van der Waals surface area contributed by atoms with Gasteiger partial charge in [0.2, 0.25) is 0 Å². The molecular weight excluding hydrogens is 463 g/mol. The minimum absolute atomic E-state index is 0.0442. The number of benzene rings is 1. The van der Waals surface area contributed by atoms with Gasteiger partial charge in [-0.25, -0.2) is 26.4 Å². The number of alkyl carbamates (subject to hydrolysis) is 1. The fourth-order valence-electron chi connectivity index (χ4n) is 4.82. The third-order valence-electron chi connectivity index (χ3n) is 6.34. The first kappa shape index (κ1) is 25.7. The van der Waals surface area contributed by atoms with Gasteiger partial charge in [-0.3, -0.25) is 0 Å². The van der Waals surface area contributed by atoms with Gasteiger partial charge in [-0.15, -0.1) is 0 Å². The van der Waals surface area contributed by atoms with Crippen LogP contribution in [-0.2, 0) is 25.7 Å². The first-order valence-electron chi connectivity index (χ1n) is 10.9. The predicted molar refractivity (Wildman–Crippen MR) is 115 cm³/mol. The van der Waals surface area contributed by atoms with Crippen LogP contribution in [0.2, 0.25) is 0 Å². The number of amides is 1. The summed E-state index contributed by atoms with van der Waals surface area (Å²) in [6, 6.07) is 0.244. The Balaban J connectivity index is 1.69. The Hall–Kier alpha value is -1.89. The zero-order valence-corrected chi connectivity index (χ0v) is 19.2. The van der Waals surface area contributed by atoms with E-state index in [-0.39, 0.29) is 49.6 Å². The summed E-state index contributed by atoms with van der Waals surface area (Å²) in [6.45, 7) is 0.129. The Morgan fingerprint density at radius 1 is 1.21 bits per heavy atom. The van der Waals surface area contributed by atoms with Crippen molar-refractivity contribution in [3.8, 4) is 0 Å². The highest BCUT2D eigenvalue weighted by Crippen LogP contribution is 2.37. The Kier molecular flexibility index (Phi) is 8.59. The molecule has 1 aromatic rings. The summed E-state index contributed by atoms with van der Waals surface area (Å²) in [5.41, 5.74) is 6.25. The molecule has 4 unspecified atom stereocenters. The lowest BCUT2D eigenvalue weighted by Gasteiger charge is -2.40. The molecule has 5 atom stereocenters. The molecule has 12 heteroatoms. The summed E-state index contributed by atoms with van der Waals surface area (Å²) in [5.74, 6) is -4.22. The maximum absolute atomic E-state index is 14.2. The standard InChI is InChI=1S/C21H30F3N3O5S/c1-31-5-6-32-21(28)26-4-7-33(29,30)20-14(10-13-2-3-19(20)27-13)18(25)9-12-8-16(23)17(24)11-15(12)22/h8,11,13-14,18-20,27H,2-7,9-10,25H2,1H3,(H,26,28)/t13?,14?,18-,19?,20?/m1/s1. The number of piperidine rings is 1. The summed E-state index contributed by atoms with van der Waals surface area (Å²) < 4.78 is 77.2. The lowest BCUT2D eigenvalue weighted by molar-refractivity contribution is 0.0989. The van der Waals surface area contributed by atoms with Crippen molar-refractivity contribution in [3.05, 3.63) is 35.1 Å². The number of carbonyl (C=O) groups excluding carboxylic acids is 1. The van der Waals surface area contributed by atoms with Crippen LogP contribution in [0.1, 0.15) is 24.8 Å². The molecule has 2 bridgehead atoms. The van der Waals surface area contributed by atoms with Gasteiger partial charge in [0.05, 0.1) is 17.6 Å². The predicted octanol–water partition coefficient (Wildman–Crippen LogP) is 1.27. The molecule has 1 amide bonds.